The Morgan fingerprint density at radius 1 is 1.16 bits per heavy atom. The smallest absolute Gasteiger partial charge is 0.225 e. The molecule has 0 fully saturated rings. The first-order valence-corrected chi connectivity index (χ1v) is 10.4. The molecule has 2 atom stereocenters. The van der Waals surface area contributed by atoms with Crippen molar-refractivity contribution in [2.24, 2.45) is 4.99 Å². The van der Waals surface area contributed by atoms with E-state index in [2.05, 4.69) is 20.9 Å². The predicted molar refractivity (Wildman–Crippen MR) is 135 cm³/mol. The number of nitrogens with zero attached hydrogens (tertiary/aromatic N) is 2. The lowest BCUT2D eigenvalue weighted by molar-refractivity contribution is -0.116. The lowest BCUT2D eigenvalue weighted by Gasteiger charge is -2.27. The van der Waals surface area contributed by atoms with E-state index in [9.17, 15) is 13.6 Å². The molecular weight excluding hydrogens is 527 g/mol. The van der Waals surface area contributed by atoms with Gasteiger partial charge in [0.2, 0.25) is 5.91 Å². The van der Waals surface area contributed by atoms with Gasteiger partial charge in [-0.1, -0.05) is 24.3 Å². The summed E-state index contributed by atoms with van der Waals surface area (Å²) in [7, 11) is 3.54. The van der Waals surface area contributed by atoms with Crippen molar-refractivity contribution in [1.29, 1.82) is 0 Å². The van der Waals surface area contributed by atoms with E-state index in [1.807, 2.05) is 31.2 Å². The maximum Gasteiger partial charge on any atom is 0.225 e. The third-order valence-corrected chi connectivity index (χ3v) is 5.35. The van der Waals surface area contributed by atoms with E-state index in [4.69, 9.17) is 0 Å². The van der Waals surface area contributed by atoms with E-state index in [0.29, 0.717) is 25.5 Å². The highest BCUT2D eigenvalue weighted by molar-refractivity contribution is 14.0. The summed E-state index contributed by atoms with van der Waals surface area (Å²) in [5.41, 5.74) is 1.91. The number of amides is 1. The van der Waals surface area contributed by atoms with Crippen LogP contribution in [0.3, 0.4) is 0 Å². The molecule has 2 aromatic carbocycles. The van der Waals surface area contributed by atoms with Crippen LogP contribution in [0.1, 0.15) is 36.4 Å². The summed E-state index contributed by atoms with van der Waals surface area (Å²) in [6.07, 6.45) is 0.379. The quantitative estimate of drug-likeness (QED) is 0.275. The van der Waals surface area contributed by atoms with Crippen LogP contribution >= 0.6 is 24.0 Å². The highest BCUT2D eigenvalue weighted by atomic mass is 127. The minimum atomic E-state index is -0.586. The van der Waals surface area contributed by atoms with Crippen molar-refractivity contribution < 1.29 is 13.6 Å². The van der Waals surface area contributed by atoms with Gasteiger partial charge in [-0.05, 0) is 44.8 Å². The molecule has 6 nitrogen and oxygen atoms in total. The van der Waals surface area contributed by atoms with Gasteiger partial charge in [0.15, 0.2) is 5.96 Å². The molecule has 3 N–H and O–H groups in total. The van der Waals surface area contributed by atoms with Crippen molar-refractivity contribution in [1.82, 2.24) is 15.5 Å². The zero-order valence-corrected chi connectivity index (χ0v) is 20.8. The molecule has 0 saturated carbocycles. The molecule has 2 unspecified atom stereocenters. The number of benzene rings is 2. The number of para-hydroxylation sites is 1. The first-order valence-electron chi connectivity index (χ1n) is 10.4. The molecule has 1 aliphatic rings. The lowest BCUT2D eigenvalue weighted by atomic mass is 9.90. The Hall–Kier alpha value is -2.27. The number of carbonyl (C=O) groups is 1. The topological polar surface area (TPSA) is 68.8 Å². The number of halogens is 3. The molecule has 1 amide bonds. The van der Waals surface area contributed by atoms with Crippen LogP contribution in [-0.2, 0) is 4.79 Å². The summed E-state index contributed by atoms with van der Waals surface area (Å²) in [6, 6.07) is 11.1. The molecule has 174 valence electrons. The van der Waals surface area contributed by atoms with Crippen molar-refractivity contribution >= 4 is 41.5 Å². The summed E-state index contributed by atoms with van der Waals surface area (Å²) in [5.74, 6) is -0.652. The van der Waals surface area contributed by atoms with Gasteiger partial charge < -0.3 is 20.9 Å². The van der Waals surface area contributed by atoms with Crippen LogP contribution in [0.4, 0.5) is 14.5 Å². The molecular formula is C23H30F2IN5O. The van der Waals surface area contributed by atoms with Crippen molar-refractivity contribution in [3.05, 3.63) is 65.2 Å². The van der Waals surface area contributed by atoms with E-state index in [1.54, 1.807) is 19.0 Å². The van der Waals surface area contributed by atoms with Gasteiger partial charge in [0.1, 0.15) is 11.6 Å². The standard InChI is InChI=1S/C23H29F2N5O.HI/c1-4-26-23(27-13-15-12-21(31)29-19-11-6-5-8-16(15)19)28-14-20(30(2)3)22-17(24)9-7-10-18(22)25;/h5-11,15,20H,4,12-14H2,1-3H3,(H,29,31)(H2,26,27,28);1H. The number of aliphatic imine (C=N–C) groups is 1. The Morgan fingerprint density at radius 2 is 1.84 bits per heavy atom. The summed E-state index contributed by atoms with van der Waals surface area (Å²) in [4.78, 5) is 18.4. The monoisotopic (exact) mass is 557 g/mol. The number of hydrogen-bond acceptors (Lipinski definition) is 3. The second-order valence-electron chi connectivity index (χ2n) is 7.75. The fraction of sp³-hybridized carbons (Fsp3) is 0.391. The van der Waals surface area contributed by atoms with Gasteiger partial charge in [0.25, 0.3) is 0 Å². The summed E-state index contributed by atoms with van der Waals surface area (Å²) >= 11 is 0. The number of likely N-dealkylation sites (N-methyl/N-ethyl adjacent to an activating group) is 1. The molecule has 0 radical (unpaired) electrons. The van der Waals surface area contributed by atoms with Gasteiger partial charge in [-0.25, -0.2) is 8.78 Å². The van der Waals surface area contributed by atoms with Gasteiger partial charge in [0.05, 0.1) is 12.6 Å². The summed E-state index contributed by atoms with van der Waals surface area (Å²) in [6.45, 7) is 3.26. The zero-order valence-electron chi connectivity index (χ0n) is 18.5. The number of anilines is 1. The third-order valence-electron chi connectivity index (χ3n) is 5.35. The minimum Gasteiger partial charge on any atom is -0.357 e. The zero-order chi connectivity index (χ0) is 22.4. The molecule has 32 heavy (non-hydrogen) atoms. The molecule has 0 aromatic heterocycles. The Bertz CT molecular complexity index is 933. The van der Waals surface area contributed by atoms with Crippen molar-refractivity contribution in [3.63, 3.8) is 0 Å². The molecule has 3 rings (SSSR count). The maximum absolute atomic E-state index is 14.3. The highest BCUT2D eigenvalue weighted by Gasteiger charge is 2.25. The Balaban J connectivity index is 0.00000363. The van der Waals surface area contributed by atoms with Gasteiger partial charge >= 0.3 is 0 Å². The number of guanidine groups is 1. The van der Waals surface area contributed by atoms with Gasteiger partial charge in [-0.2, -0.15) is 0 Å². The molecule has 0 aliphatic carbocycles. The number of carbonyl (C=O) groups excluding carboxylic acids is 1. The normalized spacial score (nSPS) is 16.6. The second-order valence-corrected chi connectivity index (χ2v) is 7.75. The van der Waals surface area contributed by atoms with Crippen LogP contribution in [0, 0.1) is 11.6 Å². The van der Waals surface area contributed by atoms with E-state index in [1.165, 1.54) is 18.2 Å². The minimum absolute atomic E-state index is 0. The van der Waals surface area contributed by atoms with Gasteiger partial charge in [-0.15, -0.1) is 24.0 Å². The van der Waals surface area contributed by atoms with Crippen LogP contribution in [0.25, 0.3) is 0 Å². The SMILES string of the molecule is CCNC(=NCC(c1c(F)cccc1F)N(C)C)NCC1CC(=O)Nc2ccccc21.I. The number of fused-ring (bicyclic) bond motifs is 1. The Labute approximate surface area is 204 Å². The summed E-state index contributed by atoms with van der Waals surface area (Å²) < 4.78 is 28.6. The first kappa shape index (κ1) is 26.0. The van der Waals surface area contributed by atoms with Crippen LogP contribution in [0.15, 0.2) is 47.5 Å². The molecule has 0 bridgehead atoms. The van der Waals surface area contributed by atoms with Crippen molar-refractivity contribution in [2.45, 2.75) is 25.3 Å². The largest absolute Gasteiger partial charge is 0.357 e. The Morgan fingerprint density at radius 3 is 2.50 bits per heavy atom. The number of nitrogens with one attached hydrogen (secondary N) is 3. The molecule has 0 saturated heterocycles. The fourth-order valence-electron chi connectivity index (χ4n) is 3.77. The Kier molecular flexibility index (Phi) is 9.83. The molecule has 1 heterocycles. The summed E-state index contributed by atoms with van der Waals surface area (Å²) in [5, 5.41) is 9.34. The van der Waals surface area contributed by atoms with E-state index in [0.717, 1.165) is 11.3 Å². The average Bonchev–Trinajstić information content (AvgIpc) is 2.73. The predicted octanol–water partition coefficient (Wildman–Crippen LogP) is 3.87. The van der Waals surface area contributed by atoms with E-state index in [-0.39, 0.29) is 47.9 Å². The van der Waals surface area contributed by atoms with Crippen molar-refractivity contribution in [3.8, 4) is 0 Å². The van der Waals surface area contributed by atoms with Crippen LogP contribution in [-0.4, -0.2) is 50.5 Å². The molecule has 1 aliphatic heterocycles. The number of hydrogen-bond donors (Lipinski definition) is 3. The van der Waals surface area contributed by atoms with Crippen LogP contribution in [0.5, 0.6) is 0 Å². The first-order chi connectivity index (χ1) is 14.9. The third kappa shape index (κ3) is 6.38. The average molecular weight is 557 g/mol. The lowest BCUT2D eigenvalue weighted by Crippen LogP contribution is -2.41. The molecule has 2 aromatic rings. The second kappa shape index (κ2) is 12.1. The molecule has 9 heteroatoms. The van der Waals surface area contributed by atoms with Crippen molar-refractivity contribution in [2.75, 3.05) is 39.0 Å². The maximum atomic E-state index is 14.3. The van der Waals surface area contributed by atoms with Crippen LogP contribution in [0.2, 0.25) is 0 Å². The van der Waals surface area contributed by atoms with Gasteiger partial charge in [0, 0.05) is 36.7 Å². The van der Waals surface area contributed by atoms with E-state index < -0.39 is 17.7 Å². The fourth-order valence-corrected chi connectivity index (χ4v) is 3.77. The number of rotatable bonds is 7. The molecule has 0 spiro atoms. The van der Waals surface area contributed by atoms with E-state index >= 15 is 0 Å². The highest BCUT2D eigenvalue weighted by Crippen LogP contribution is 2.31. The van der Waals surface area contributed by atoms with Gasteiger partial charge in [-0.3, -0.25) is 9.79 Å². The van der Waals surface area contributed by atoms with Crippen LogP contribution < -0.4 is 16.0 Å².